The van der Waals surface area contributed by atoms with E-state index in [0.717, 1.165) is 51.8 Å². The monoisotopic (exact) mass is 291 g/mol. The number of nitrogens with one attached hydrogen (secondary N) is 1. The fourth-order valence-electron chi connectivity index (χ4n) is 3.66. The molecule has 3 heterocycles. The van der Waals surface area contributed by atoms with Gasteiger partial charge < -0.3 is 9.64 Å². The number of hydrogen-bond acceptors (Lipinski definition) is 3. The minimum Gasteiger partial charge on any atom is -0.377 e. The third kappa shape index (κ3) is 3.12. The molecule has 2 aliphatic rings. The summed E-state index contributed by atoms with van der Waals surface area (Å²) < 4.78 is 5.77. The highest BCUT2D eigenvalue weighted by molar-refractivity contribution is 5.79. The summed E-state index contributed by atoms with van der Waals surface area (Å²) in [5.41, 5.74) is 1.20. The molecule has 2 atom stereocenters. The van der Waals surface area contributed by atoms with Gasteiger partial charge in [-0.3, -0.25) is 9.89 Å². The summed E-state index contributed by atoms with van der Waals surface area (Å²) in [6.45, 7) is 4.63. The first-order valence-corrected chi connectivity index (χ1v) is 8.19. The van der Waals surface area contributed by atoms with Gasteiger partial charge in [-0.1, -0.05) is 6.92 Å². The lowest BCUT2D eigenvalue weighted by molar-refractivity contribution is -0.146. The Hall–Kier alpha value is -1.36. The molecule has 0 spiro atoms. The van der Waals surface area contributed by atoms with E-state index in [1.165, 1.54) is 5.69 Å². The molecular weight excluding hydrogens is 266 g/mol. The van der Waals surface area contributed by atoms with Crippen LogP contribution in [0.1, 0.15) is 50.6 Å². The summed E-state index contributed by atoms with van der Waals surface area (Å²) in [5.74, 6) is 0.901. The van der Waals surface area contributed by atoms with Crippen molar-refractivity contribution in [3.8, 4) is 0 Å². The van der Waals surface area contributed by atoms with E-state index in [4.69, 9.17) is 4.74 Å². The number of nitrogens with zero attached hydrogens (tertiary/aromatic N) is 2. The molecule has 0 unspecified atom stereocenters. The Morgan fingerprint density at radius 1 is 1.43 bits per heavy atom. The third-order valence-corrected chi connectivity index (χ3v) is 4.93. The van der Waals surface area contributed by atoms with Gasteiger partial charge in [0.15, 0.2) is 0 Å². The molecule has 116 valence electrons. The Bertz CT molecular complexity index is 452. The van der Waals surface area contributed by atoms with Crippen molar-refractivity contribution >= 4 is 5.91 Å². The van der Waals surface area contributed by atoms with Crippen molar-refractivity contribution in [2.75, 3.05) is 19.7 Å². The molecule has 1 aromatic rings. The fourth-order valence-corrected chi connectivity index (χ4v) is 3.66. The van der Waals surface area contributed by atoms with Crippen molar-refractivity contribution in [2.24, 2.45) is 5.92 Å². The van der Waals surface area contributed by atoms with Crippen molar-refractivity contribution in [1.82, 2.24) is 15.1 Å². The van der Waals surface area contributed by atoms with Crippen LogP contribution in [0.25, 0.3) is 0 Å². The second kappa shape index (κ2) is 6.60. The highest BCUT2D eigenvalue weighted by Gasteiger charge is 2.35. The van der Waals surface area contributed by atoms with Crippen LogP contribution in [0.3, 0.4) is 0 Å². The zero-order valence-electron chi connectivity index (χ0n) is 12.8. The Balaban J connectivity index is 1.57. The molecule has 0 aromatic carbocycles. The summed E-state index contributed by atoms with van der Waals surface area (Å²) in [6, 6.07) is 2.05. The van der Waals surface area contributed by atoms with Gasteiger partial charge in [-0.25, -0.2) is 0 Å². The number of ether oxygens (including phenoxy) is 1. The Labute approximate surface area is 126 Å². The number of amides is 1. The molecule has 0 saturated carbocycles. The van der Waals surface area contributed by atoms with Crippen molar-refractivity contribution < 1.29 is 9.53 Å². The molecule has 21 heavy (non-hydrogen) atoms. The van der Waals surface area contributed by atoms with Gasteiger partial charge in [-0.05, 0) is 38.2 Å². The van der Waals surface area contributed by atoms with Crippen LogP contribution in [0.4, 0.5) is 0 Å². The minimum absolute atomic E-state index is 0.0763. The van der Waals surface area contributed by atoms with E-state index in [9.17, 15) is 4.79 Å². The number of likely N-dealkylation sites (tertiary alicyclic amines) is 1. The van der Waals surface area contributed by atoms with E-state index in [2.05, 4.69) is 22.0 Å². The highest BCUT2D eigenvalue weighted by atomic mass is 16.5. The quantitative estimate of drug-likeness (QED) is 0.930. The molecule has 1 N–H and O–H groups in total. The number of hydrogen-bond donors (Lipinski definition) is 1. The minimum atomic E-state index is 0.0763. The molecule has 2 saturated heterocycles. The van der Waals surface area contributed by atoms with Gasteiger partial charge in [0.1, 0.15) is 0 Å². The van der Waals surface area contributed by atoms with E-state index in [1.54, 1.807) is 6.20 Å². The largest absolute Gasteiger partial charge is 0.377 e. The maximum absolute atomic E-state index is 12.7. The van der Waals surface area contributed by atoms with Crippen LogP contribution in [0.5, 0.6) is 0 Å². The lowest BCUT2D eigenvalue weighted by Gasteiger charge is -2.37. The van der Waals surface area contributed by atoms with Gasteiger partial charge >= 0.3 is 0 Å². The standard InChI is InChI=1S/C16H25N3O2/c1-2-15-13(4-3-11-21-15)16(20)19-9-6-12(7-10-19)14-5-8-17-18-14/h5,8,12-13,15H,2-4,6-7,9-11H2,1H3,(H,17,18)/t13-,15-/m1/s1. The summed E-state index contributed by atoms with van der Waals surface area (Å²) in [7, 11) is 0. The lowest BCUT2D eigenvalue weighted by Crippen LogP contribution is -2.46. The molecule has 5 heteroatoms. The second-order valence-electron chi connectivity index (χ2n) is 6.18. The summed E-state index contributed by atoms with van der Waals surface area (Å²) >= 11 is 0. The third-order valence-electron chi connectivity index (χ3n) is 4.93. The maximum Gasteiger partial charge on any atom is 0.228 e. The molecule has 0 radical (unpaired) electrons. The topological polar surface area (TPSA) is 58.2 Å². The van der Waals surface area contributed by atoms with E-state index in [1.807, 2.05) is 6.07 Å². The normalized spacial score (nSPS) is 27.8. The zero-order chi connectivity index (χ0) is 14.7. The second-order valence-corrected chi connectivity index (χ2v) is 6.18. The molecule has 2 fully saturated rings. The van der Waals surface area contributed by atoms with Crippen LogP contribution < -0.4 is 0 Å². The van der Waals surface area contributed by atoms with Crippen molar-refractivity contribution in [3.63, 3.8) is 0 Å². The van der Waals surface area contributed by atoms with E-state index >= 15 is 0 Å². The molecule has 0 bridgehead atoms. The maximum atomic E-state index is 12.7. The number of carbonyl (C=O) groups excluding carboxylic acids is 1. The number of H-pyrrole nitrogens is 1. The van der Waals surface area contributed by atoms with Crippen molar-refractivity contribution in [3.05, 3.63) is 18.0 Å². The van der Waals surface area contributed by atoms with Gasteiger partial charge in [0, 0.05) is 37.5 Å². The molecule has 1 amide bonds. The number of piperidine rings is 1. The van der Waals surface area contributed by atoms with E-state index in [0.29, 0.717) is 11.8 Å². The van der Waals surface area contributed by atoms with Crippen LogP contribution >= 0.6 is 0 Å². The first kappa shape index (κ1) is 14.6. The molecule has 3 rings (SSSR count). The summed E-state index contributed by atoms with van der Waals surface area (Å²) in [6.07, 6.45) is 6.90. The van der Waals surface area contributed by atoms with Crippen LogP contribution in [-0.2, 0) is 9.53 Å². The zero-order valence-corrected chi connectivity index (χ0v) is 12.8. The number of carbonyl (C=O) groups is 1. The first-order chi connectivity index (χ1) is 10.3. The van der Waals surface area contributed by atoms with Crippen molar-refractivity contribution in [2.45, 2.75) is 51.0 Å². The fraction of sp³-hybridized carbons (Fsp3) is 0.750. The Kier molecular flexibility index (Phi) is 4.58. The predicted molar refractivity (Wildman–Crippen MR) is 79.9 cm³/mol. The van der Waals surface area contributed by atoms with Gasteiger partial charge in [0.25, 0.3) is 0 Å². The Morgan fingerprint density at radius 3 is 2.90 bits per heavy atom. The molecule has 5 nitrogen and oxygen atoms in total. The number of aromatic amines is 1. The SMILES string of the molecule is CC[C@H]1OCCC[C@H]1C(=O)N1CCC(c2ccn[nH]2)CC1. The van der Waals surface area contributed by atoms with Crippen LogP contribution in [0.15, 0.2) is 12.3 Å². The average Bonchev–Trinajstić information content (AvgIpc) is 3.09. The van der Waals surface area contributed by atoms with Gasteiger partial charge in [0.05, 0.1) is 12.0 Å². The van der Waals surface area contributed by atoms with Crippen LogP contribution in [0.2, 0.25) is 0 Å². The smallest absolute Gasteiger partial charge is 0.228 e. The first-order valence-electron chi connectivity index (χ1n) is 8.19. The van der Waals surface area contributed by atoms with Gasteiger partial charge in [0.2, 0.25) is 5.91 Å². The average molecular weight is 291 g/mol. The van der Waals surface area contributed by atoms with Gasteiger partial charge in [-0.2, -0.15) is 5.10 Å². The Morgan fingerprint density at radius 2 is 2.24 bits per heavy atom. The molecule has 0 aliphatic carbocycles. The van der Waals surface area contributed by atoms with Crippen LogP contribution in [-0.4, -0.2) is 46.8 Å². The van der Waals surface area contributed by atoms with E-state index in [-0.39, 0.29) is 12.0 Å². The molecule has 1 aromatic heterocycles. The number of aromatic nitrogens is 2. The molecule has 2 aliphatic heterocycles. The number of rotatable bonds is 3. The van der Waals surface area contributed by atoms with Gasteiger partial charge in [-0.15, -0.1) is 0 Å². The summed E-state index contributed by atoms with van der Waals surface area (Å²) in [4.78, 5) is 14.8. The molecular formula is C16H25N3O2. The highest BCUT2D eigenvalue weighted by Crippen LogP contribution is 2.30. The summed E-state index contributed by atoms with van der Waals surface area (Å²) in [5, 5.41) is 7.08. The van der Waals surface area contributed by atoms with Crippen LogP contribution in [0, 0.1) is 5.92 Å². The predicted octanol–water partition coefficient (Wildman–Crippen LogP) is 2.32. The van der Waals surface area contributed by atoms with Crippen molar-refractivity contribution in [1.29, 1.82) is 0 Å². The van der Waals surface area contributed by atoms with E-state index < -0.39 is 0 Å². The lowest BCUT2D eigenvalue weighted by atomic mass is 9.88.